The lowest BCUT2D eigenvalue weighted by Gasteiger charge is -2.15. The fourth-order valence-electron chi connectivity index (χ4n) is 1.38. The fourth-order valence-corrected chi connectivity index (χ4v) is 1.38. The molecular weight excluding hydrogens is 232 g/mol. The number of methoxy groups -OCH3 is 1. The van der Waals surface area contributed by atoms with Crippen molar-refractivity contribution in [2.75, 3.05) is 25.6 Å². The average Bonchev–Trinajstić information content (AvgIpc) is 2.39. The smallest absolute Gasteiger partial charge is 0.228 e. The van der Waals surface area contributed by atoms with Crippen LogP contribution in [0.15, 0.2) is 18.2 Å². The molecule has 1 aromatic rings. The molecule has 1 rings (SSSR count). The third-order valence-corrected chi connectivity index (χ3v) is 2.55. The number of benzene rings is 1. The second kappa shape index (κ2) is 6.86. The van der Waals surface area contributed by atoms with Crippen LogP contribution in [0.25, 0.3) is 0 Å². The summed E-state index contributed by atoms with van der Waals surface area (Å²) >= 11 is 0. The highest BCUT2D eigenvalue weighted by molar-refractivity contribution is 5.94. The van der Waals surface area contributed by atoms with Gasteiger partial charge in [-0.3, -0.25) is 4.79 Å². The lowest BCUT2D eigenvalue weighted by molar-refractivity contribution is -0.119. The van der Waals surface area contributed by atoms with Gasteiger partial charge in [0.15, 0.2) is 0 Å². The van der Waals surface area contributed by atoms with E-state index in [0.29, 0.717) is 30.3 Å². The molecule has 0 heterocycles. The first-order chi connectivity index (χ1) is 8.62. The van der Waals surface area contributed by atoms with Gasteiger partial charge < -0.3 is 20.5 Å². The Balaban J connectivity index is 2.92. The van der Waals surface area contributed by atoms with Gasteiger partial charge in [-0.15, -0.1) is 0 Å². The molecule has 1 unspecified atom stereocenters. The summed E-state index contributed by atoms with van der Waals surface area (Å²) in [5.41, 5.74) is 6.06. The molecule has 5 nitrogen and oxygen atoms in total. The monoisotopic (exact) mass is 252 g/mol. The minimum Gasteiger partial charge on any atom is -0.497 e. The number of nitrogens with one attached hydrogen (secondary N) is 1. The van der Waals surface area contributed by atoms with Crippen LogP contribution in [0.4, 0.5) is 5.69 Å². The molecule has 0 aliphatic rings. The van der Waals surface area contributed by atoms with Crippen molar-refractivity contribution in [1.29, 1.82) is 0 Å². The van der Waals surface area contributed by atoms with E-state index in [4.69, 9.17) is 15.2 Å². The molecule has 5 heteroatoms. The highest BCUT2D eigenvalue weighted by Crippen LogP contribution is 2.29. The van der Waals surface area contributed by atoms with Crippen molar-refractivity contribution in [3.8, 4) is 11.5 Å². The van der Waals surface area contributed by atoms with E-state index in [2.05, 4.69) is 5.32 Å². The topological polar surface area (TPSA) is 73.6 Å². The molecule has 100 valence electrons. The minimum atomic E-state index is -0.245. The number of hydrogen-bond acceptors (Lipinski definition) is 4. The largest absolute Gasteiger partial charge is 0.497 e. The molecule has 1 atom stereocenters. The Hall–Kier alpha value is -1.75. The molecule has 3 N–H and O–H groups in total. The summed E-state index contributed by atoms with van der Waals surface area (Å²) in [6.07, 6.45) is 0. The molecule has 0 aliphatic carbocycles. The van der Waals surface area contributed by atoms with E-state index in [-0.39, 0.29) is 11.8 Å². The van der Waals surface area contributed by atoms with Gasteiger partial charge in [-0.1, -0.05) is 6.92 Å². The van der Waals surface area contributed by atoms with Crippen molar-refractivity contribution < 1.29 is 14.3 Å². The summed E-state index contributed by atoms with van der Waals surface area (Å²) in [5.74, 6) is 0.905. The number of nitrogens with two attached hydrogens (primary N) is 1. The number of amides is 1. The number of hydrogen-bond donors (Lipinski definition) is 2. The molecule has 0 fully saturated rings. The predicted octanol–water partition coefficient (Wildman–Crippen LogP) is 1.63. The van der Waals surface area contributed by atoms with Crippen molar-refractivity contribution >= 4 is 11.6 Å². The molecule has 0 bridgehead atoms. The fraction of sp³-hybridized carbons (Fsp3) is 0.462. The highest BCUT2D eigenvalue weighted by Gasteiger charge is 2.14. The number of ether oxygens (including phenoxy) is 2. The lowest BCUT2D eigenvalue weighted by atomic mass is 10.1. The summed E-state index contributed by atoms with van der Waals surface area (Å²) in [5, 5.41) is 2.80. The van der Waals surface area contributed by atoms with E-state index >= 15 is 0 Å². The Bertz CT molecular complexity index is 407. The van der Waals surface area contributed by atoms with Gasteiger partial charge in [-0.05, 0) is 19.1 Å². The molecule has 0 radical (unpaired) electrons. The average molecular weight is 252 g/mol. The van der Waals surface area contributed by atoms with E-state index in [1.54, 1.807) is 32.2 Å². The lowest BCUT2D eigenvalue weighted by Crippen LogP contribution is -2.26. The molecule has 0 aliphatic heterocycles. The Morgan fingerprint density at radius 2 is 2.22 bits per heavy atom. The quantitative estimate of drug-likeness (QED) is 0.807. The normalized spacial score (nSPS) is 11.8. The minimum absolute atomic E-state index is 0.133. The summed E-state index contributed by atoms with van der Waals surface area (Å²) < 4.78 is 10.6. The Morgan fingerprint density at radius 1 is 1.50 bits per heavy atom. The summed E-state index contributed by atoms with van der Waals surface area (Å²) in [4.78, 5) is 11.8. The molecular formula is C13H20N2O3. The molecule has 0 saturated carbocycles. The Labute approximate surface area is 107 Å². The van der Waals surface area contributed by atoms with Gasteiger partial charge in [0.05, 0.1) is 19.4 Å². The first kappa shape index (κ1) is 14.3. The van der Waals surface area contributed by atoms with Crippen LogP contribution in [0.3, 0.4) is 0 Å². The van der Waals surface area contributed by atoms with Crippen molar-refractivity contribution in [1.82, 2.24) is 0 Å². The summed E-state index contributed by atoms with van der Waals surface area (Å²) in [7, 11) is 1.57. The maximum atomic E-state index is 11.8. The van der Waals surface area contributed by atoms with E-state index in [1.165, 1.54) is 0 Å². The predicted molar refractivity (Wildman–Crippen MR) is 71.0 cm³/mol. The standard InChI is InChI=1S/C13H20N2O3/c1-4-18-12-6-5-10(17-3)7-11(12)15-13(16)9(2)8-14/h5-7,9H,4,8,14H2,1-3H3,(H,15,16). The molecule has 0 spiro atoms. The van der Waals surface area contributed by atoms with Crippen molar-refractivity contribution in [3.63, 3.8) is 0 Å². The molecule has 1 aromatic carbocycles. The van der Waals surface area contributed by atoms with Gasteiger partial charge in [0.25, 0.3) is 0 Å². The van der Waals surface area contributed by atoms with Gasteiger partial charge in [0.2, 0.25) is 5.91 Å². The van der Waals surface area contributed by atoms with E-state index < -0.39 is 0 Å². The van der Waals surface area contributed by atoms with Crippen molar-refractivity contribution in [2.45, 2.75) is 13.8 Å². The number of anilines is 1. The maximum absolute atomic E-state index is 11.8. The first-order valence-corrected chi connectivity index (χ1v) is 5.94. The van der Waals surface area contributed by atoms with Gasteiger partial charge in [-0.25, -0.2) is 0 Å². The van der Waals surface area contributed by atoms with Crippen LogP contribution in [0.1, 0.15) is 13.8 Å². The van der Waals surface area contributed by atoms with Crippen molar-refractivity contribution in [2.24, 2.45) is 11.7 Å². The van der Waals surface area contributed by atoms with E-state index in [9.17, 15) is 4.79 Å². The zero-order chi connectivity index (χ0) is 13.5. The van der Waals surface area contributed by atoms with Crippen LogP contribution in [0.2, 0.25) is 0 Å². The first-order valence-electron chi connectivity index (χ1n) is 5.94. The Morgan fingerprint density at radius 3 is 2.78 bits per heavy atom. The van der Waals surface area contributed by atoms with Gasteiger partial charge in [-0.2, -0.15) is 0 Å². The SMILES string of the molecule is CCOc1ccc(OC)cc1NC(=O)C(C)CN. The highest BCUT2D eigenvalue weighted by atomic mass is 16.5. The number of rotatable bonds is 6. The number of carbonyl (C=O) groups excluding carboxylic acids is 1. The summed E-state index contributed by atoms with van der Waals surface area (Å²) in [6, 6.07) is 5.28. The third-order valence-electron chi connectivity index (χ3n) is 2.55. The van der Waals surface area contributed by atoms with Crippen LogP contribution in [-0.4, -0.2) is 26.2 Å². The second-order valence-electron chi connectivity index (χ2n) is 3.92. The summed E-state index contributed by atoms with van der Waals surface area (Å²) in [6.45, 7) is 4.50. The zero-order valence-corrected chi connectivity index (χ0v) is 11.0. The van der Waals surface area contributed by atoms with Gasteiger partial charge in [0.1, 0.15) is 11.5 Å². The van der Waals surface area contributed by atoms with Crippen LogP contribution in [0.5, 0.6) is 11.5 Å². The van der Waals surface area contributed by atoms with Crippen molar-refractivity contribution in [3.05, 3.63) is 18.2 Å². The maximum Gasteiger partial charge on any atom is 0.228 e. The van der Waals surface area contributed by atoms with Gasteiger partial charge in [0, 0.05) is 18.5 Å². The third kappa shape index (κ3) is 3.63. The zero-order valence-electron chi connectivity index (χ0n) is 11.0. The molecule has 18 heavy (non-hydrogen) atoms. The van der Waals surface area contributed by atoms with Crippen LogP contribution in [-0.2, 0) is 4.79 Å². The van der Waals surface area contributed by atoms with Crippen LogP contribution in [0, 0.1) is 5.92 Å². The second-order valence-corrected chi connectivity index (χ2v) is 3.92. The molecule has 0 saturated heterocycles. The van der Waals surface area contributed by atoms with E-state index in [0.717, 1.165) is 0 Å². The van der Waals surface area contributed by atoms with E-state index in [1.807, 2.05) is 6.92 Å². The van der Waals surface area contributed by atoms with Crippen LogP contribution < -0.4 is 20.5 Å². The molecule has 0 aromatic heterocycles. The molecule has 1 amide bonds. The van der Waals surface area contributed by atoms with Crippen LogP contribution >= 0.6 is 0 Å². The number of carbonyl (C=O) groups is 1. The van der Waals surface area contributed by atoms with Gasteiger partial charge >= 0.3 is 0 Å². The Kier molecular flexibility index (Phi) is 5.45.